The van der Waals surface area contributed by atoms with E-state index in [1.807, 2.05) is 49.3 Å². The number of nitrogens with zero attached hydrogens (tertiary/aromatic N) is 3. The fourth-order valence-corrected chi connectivity index (χ4v) is 3.62. The van der Waals surface area contributed by atoms with Crippen LogP contribution in [0, 0.1) is 11.2 Å². The van der Waals surface area contributed by atoms with Gasteiger partial charge in [-0.05, 0) is 65.1 Å². The summed E-state index contributed by atoms with van der Waals surface area (Å²) in [5.74, 6) is 0.728. The zero-order valence-electron chi connectivity index (χ0n) is 21.8. The summed E-state index contributed by atoms with van der Waals surface area (Å²) in [7, 11) is 3.85. The molecule has 0 aliphatic carbocycles. The van der Waals surface area contributed by atoms with Crippen molar-refractivity contribution < 1.29 is 9.18 Å². The first kappa shape index (κ1) is 25.8. The molecule has 6 nitrogen and oxygen atoms in total. The summed E-state index contributed by atoms with van der Waals surface area (Å²) in [5, 5.41) is 7.23. The lowest BCUT2D eigenvalue weighted by molar-refractivity contribution is 0.102. The molecule has 0 spiro atoms. The predicted octanol–water partition coefficient (Wildman–Crippen LogP) is 6.76. The minimum Gasteiger partial charge on any atom is -0.365 e. The van der Waals surface area contributed by atoms with Gasteiger partial charge in [0.25, 0.3) is 5.91 Å². The van der Waals surface area contributed by atoms with Crippen LogP contribution >= 0.6 is 0 Å². The Balaban J connectivity index is 1.49. The number of aromatic nitrogens is 2. The highest BCUT2D eigenvalue weighted by Crippen LogP contribution is 2.26. The number of anilines is 3. The third-order valence-corrected chi connectivity index (χ3v) is 5.66. The summed E-state index contributed by atoms with van der Waals surface area (Å²) in [6.45, 7) is 7.07. The molecule has 7 heteroatoms. The zero-order chi connectivity index (χ0) is 26.6. The van der Waals surface area contributed by atoms with E-state index in [4.69, 9.17) is 9.97 Å². The van der Waals surface area contributed by atoms with Crippen molar-refractivity contribution in [2.24, 2.45) is 5.41 Å². The van der Waals surface area contributed by atoms with Gasteiger partial charge in [-0.1, -0.05) is 51.1 Å². The van der Waals surface area contributed by atoms with Gasteiger partial charge >= 0.3 is 0 Å². The second-order valence-corrected chi connectivity index (χ2v) is 10.3. The van der Waals surface area contributed by atoms with E-state index in [2.05, 4.69) is 55.7 Å². The number of fused-ring (bicyclic) bond motifs is 1. The number of benzene rings is 3. The van der Waals surface area contributed by atoms with Gasteiger partial charge in [0.15, 0.2) is 0 Å². The average Bonchev–Trinajstić information content (AvgIpc) is 2.86. The second-order valence-electron chi connectivity index (χ2n) is 10.3. The maximum Gasteiger partial charge on any atom is 0.255 e. The number of carbonyl (C=O) groups excluding carboxylic acids is 1. The Bertz CT molecular complexity index is 1420. The topological polar surface area (TPSA) is 70.2 Å². The van der Waals surface area contributed by atoms with Crippen molar-refractivity contribution in [2.45, 2.75) is 27.3 Å². The molecule has 1 aromatic heterocycles. The van der Waals surface area contributed by atoms with Gasteiger partial charge in [-0.25, -0.2) is 9.37 Å². The molecule has 0 saturated heterocycles. The van der Waals surface area contributed by atoms with E-state index in [-0.39, 0.29) is 17.1 Å². The molecular formula is C30H32FN5O. The summed E-state index contributed by atoms with van der Waals surface area (Å²) in [6, 6.07) is 19.2. The van der Waals surface area contributed by atoms with Crippen LogP contribution in [0.25, 0.3) is 17.0 Å². The molecule has 190 valence electrons. The Kier molecular flexibility index (Phi) is 7.53. The molecule has 0 atom stereocenters. The third-order valence-electron chi connectivity index (χ3n) is 5.66. The van der Waals surface area contributed by atoms with Crippen molar-refractivity contribution >= 4 is 40.3 Å². The molecule has 1 amide bonds. The summed E-state index contributed by atoms with van der Waals surface area (Å²) in [4.78, 5) is 23.7. The molecule has 0 saturated carbocycles. The van der Waals surface area contributed by atoms with Gasteiger partial charge < -0.3 is 15.5 Å². The van der Waals surface area contributed by atoms with E-state index in [0.29, 0.717) is 23.7 Å². The van der Waals surface area contributed by atoms with Crippen LogP contribution in [0.2, 0.25) is 0 Å². The predicted molar refractivity (Wildman–Crippen MR) is 150 cm³/mol. The largest absolute Gasteiger partial charge is 0.365 e. The number of hydrogen-bond acceptors (Lipinski definition) is 5. The van der Waals surface area contributed by atoms with E-state index in [9.17, 15) is 9.18 Å². The fourth-order valence-electron chi connectivity index (χ4n) is 3.62. The maximum atomic E-state index is 13.1. The molecule has 4 aromatic rings. The first-order chi connectivity index (χ1) is 17.6. The Morgan fingerprint density at radius 3 is 2.32 bits per heavy atom. The fraction of sp³-hybridized carbons (Fsp3) is 0.233. The normalized spacial score (nSPS) is 11.6. The SMILES string of the molecule is CN(C)c1nc(NCc2ccc(NC(=O)c3ccc(F)cc3)cc2)c2ccc(/C=C/C(C)(C)C)cc2n1. The first-order valence-corrected chi connectivity index (χ1v) is 12.2. The van der Waals surface area contributed by atoms with E-state index in [0.717, 1.165) is 27.8 Å². The highest BCUT2D eigenvalue weighted by molar-refractivity contribution is 6.04. The number of halogens is 1. The molecule has 0 bridgehead atoms. The minimum atomic E-state index is -0.375. The third kappa shape index (κ3) is 6.91. The molecule has 0 fully saturated rings. The molecule has 0 aliphatic heterocycles. The lowest BCUT2D eigenvalue weighted by atomic mass is 9.95. The van der Waals surface area contributed by atoms with Gasteiger partial charge in [0.1, 0.15) is 11.6 Å². The number of hydrogen-bond donors (Lipinski definition) is 2. The highest BCUT2D eigenvalue weighted by atomic mass is 19.1. The van der Waals surface area contributed by atoms with Crippen LogP contribution in [0.3, 0.4) is 0 Å². The molecule has 0 radical (unpaired) electrons. The lowest BCUT2D eigenvalue weighted by Gasteiger charge is -2.16. The maximum absolute atomic E-state index is 13.1. The van der Waals surface area contributed by atoms with Crippen molar-refractivity contribution in [2.75, 3.05) is 29.6 Å². The van der Waals surface area contributed by atoms with Crippen LogP contribution in [0.15, 0.2) is 72.8 Å². The van der Waals surface area contributed by atoms with Crippen molar-refractivity contribution in [1.29, 1.82) is 0 Å². The van der Waals surface area contributed by atoms with Gasteiger partial charge in [0.2, 0.25) is 5.95 Å². The highest BCUT2D eigenvalue weighted by Gasteiger charge is 2.11. The number of amides is 1. The van der Waals surface area contributed by atoms with E-state index < -0.39 is 0 Å². The number of carbonyl (C=O) groups is 1. The van der Waals surface area contributed by atoms with Gasteiger partial charge in [0.05, 0.1) is 5.52 Å². The number of allylic oxidation sites excluding steroid dienone is 1. The Morgan fingerprint density at radius 1 is 0.973 bits per heavy atom. The molecule has 2 N–H and O–H groups in total. The summed E-state index contributed by atoms with van der Waals surface area (Å²) in [5.41, 5.74) is 4.16. The summed E-state index contributed by atoms with van der Waals surface area (Å²) < 4.78 is 13.1. The van der Waals surface area contributed by atoms with Gasteiger partial charge in [-0.2, -0.15) is 4.98 Å². The number of nitrogens with one attached hydrogen (secondary N) is 2. The van der Waals surface area contributed by atoms with E-state index in [1.165, 1.54) is 24.3 Å². The van der Waals surface area contributed by atoms with Crippen LogP contribution in [-0.4, -0.2) is 30.0 Å². The number of rotatable bonds is 7. The van der Waals surface area contributed by atoms with Crippen LogP contribution in [0.5, 0.6) is 0 Å². The van der Waals surface area contributed by atoms with Gasteiger partial charge in [-0.15, -0.1) is 0 Å². The van der Waals surface area contributed by atoms with Crippen molar-refractivity contribution in [1.82, 2.24) is 9.97 Å². The minimum absolute atomic E-state index is 0.0987. The standard InChI is InChI=1S/C30H32FN5O/c1-30(2,3)17-16-20-8-15-25-26(18-20)34-29(36(4)5)35-27(25)32-19-21-6-13-24(14-7-21)33-28(37)22-9-11-23(31)12-10-22/h6-18H,19H2,1-5H3,(H,33,37)(H,32,34,35)/b17-16+. The van der Waals surface area contributed by atoms with E-state index in [1.54, 1.807) is 0 Å². The smallest absolute Gasteiger partial charge is 0.255 e. The second kappa shape index (κ2) is 10.8. The van der Waals surface area contributed by atoms with Gasteiger partial charge in [-0.3, -0.25) is 4.79 Å². The van der Waals surface area contributed by atoms with Crippen LogP contribution in [0.1, 0.15) is 42.3 Å². The monoisotopic (exact) mass is 497 g/mol. The Hall–Kier alpha value is -4.26. The molecule has 3 aromatic carbocycles. The lowest BCUT2D eigenvalue weighted by Crippen LogP contribution is -2.14. The molecule has 4 rings (SSSR count). The molecule has 0 aliphatic rings. The molecular weight excluding hydrogens is 465 g/mol. The summed E-state index contributed by atoms with van der Waals surface area (Å²) in [6.07, 6.45) is 4.31. The Labute approximate surface area is 217 Å². The van der Waals surface area contributed by atoms with Crippen molar-refractivity contribution in [3.05, 3.63) is 95.3 Å². The van der Waals surface area contributed by atoms with Crippen molar-refractivity contribution in [3.8, 4) is 0 Å². The van der Waals surface area contributed by atoms with Crippen LogP contribution in [0.4, 0.5) is 21.8 Å². The van der Waals surface area contributed by atoms with Gasteiger partial charge in [0, 0.05) is 37.3 Å². The first-order valence-electron chi connectivity index (χ1n) is 12.2. The average molecular weight is 498 g/mol. The zero-order valence-corrected chi connectivity index (χ0v) is 21.8. The molecule has 0 unspecified atom stereocenters. The van der Waals surface area contributed by atoms with Crippen LogP contribution < -0.4 is 15.5 Å². The quantitative estimate of drug-likeness (QED) is 0.295. The van der Waals surface area contributed by atoms with Crippen LogP contribution in [-0.2, 0) is 6.54 Å². The summed E-state index contributed by atoms with van der Waals surface area (Å²) >= 11 is 0. The molecule has 1 heterocycles. The van der Waals surface area contributed by atoms with E-state index >= 15 is 0 Å². The Morgan fingerprint density at radius 2 is 1.68 bits per heavy atom. The molecule has 37 heavy (non-hydrogen) atoms. The van der Waals surface area contributed by atoms with Crippen molar-refractivity contribution in [3.63, 3.8) is 0 Å².